The second kappa shape index (κ2) is 7.51. The SMILES string of the molecule is COc1cccc(NC(=O)[C@H]2Sc3nnc(C)n3N[C@@H]2c2ccc(F)cc2)c1. The quantitative estimate of drug-likeness (QED) is 0.702. The molecule has 2 N–H and O–H groups in total. The molecular formula is C19H18FN5O2S. The zero-order valence-electron chi connectivity index (χ0n) is 15.2. The van der Waals surface area contributed by atoms with Gasteiger partial charge in [0.1, 0.15) is 22.6 Å². The molecule has 0 saturated carbocycles. The Morgan fingerprint density at radius 3 is 2.79 bits per heavy atom. The number of thioether (sulfide) groups is 1. The predicted molar refractivity (Wildman–Crippen MR) is 105 cm³/mol. The lowest BCUT2D eigenvalue weighted by Gasteiger charge is -2.32. The molecule has 2 aromatic carbocycles. The minimum atomic E-state index is -0.534. The van der Waals surface area contributed by atoms with Gasteiger partial charge in [0.05, 0.1) is 13.2 Å². The standard InChI is InChI=1S/C19H18FN5O2S/c1-11-22-23-19-25(11)24-16(12-6-8-13(20)9-7-12)17(28-19)18(26)21-14-4-3-5-15(10-14)27-2/h3-10,16-17,24H,1-2H3,(H,21,26)/t16-,17+/m1/s1. The van der Waals surface area contributed by atoms with Gasteiger partial charge in [-0.15, -0.1) is 10.2 Å². The largest absolute Gasteiger partial charge is 0.497 e. The van der Waals surface area contributed by atoms with Gasteiger partial charge in [-0.1, -0.05) is 30.0 Å². The third kappa shape index (κ3) is 3.53. The van der Waals surface area contributed by atoms with Gasteiger partial charge in [-0.25, -0.2) is 9.07 Å². The van der Waals surface area contributed by atoms with E-state index in [2.05, 4.69) is 20.9 Å². The molecule has 0 unspecified atom stereocenters. The number of fused-ring (bicyclic) bond motifs is 1. The molecule has 7 nitrogen and oxygen atoms in total. The number of aryl methyl sites for hydroxylation is 1. The number of amides is 1. The summed E-state index contributed by atoms with van der Waals surface area (Å²) in [5.74, 6) is 0.802. The van der Waals surface area contributed by atoms with E-state index < -0.39 is 11.3 Å². The third-order valence-corrected chi connectivity index (χ3v) is 5.64. The highest BCUT2D eigenvalue weighted by Crippen LogP contribution is 2.37. The highest BCUT2D eigenvalue weighted by Gasteiger charge is 2.37. The molecule has 0 aliphatic carbocycles. The van der Waals surface area contributed by atoms with E-state index in [9.17, 15) is 9.18 Å². The van der Waals surface area contributed by atoms with Gasteiger partial charge in [-0.2, -0.15) is 0 Å². The molecule has 1 aromatic heterocycles. The molecular weight excluding hydrogens is 381 g/mol. The van der Waals surface area contributed by atoms with Crippen LogP contribution in [0.15, 0.2) is 53.7 Å². The Bertz CT molecular complexity index is 1010. The zero-order valence-corrected chi connectivity index (χ0v) is 16.0. The molecule has 1 amide bonds. The van der Waals surface area contributed by atoms with Crippen LogP contribution in [-0.4, -0.2) is 33.1 Å². The van der Waals surface area contributed by atoms with Gasteiger partial charge in [0.25, 0.3) is 0 Å². The monoisotopic (exact) mass is 399 g/mol. The second-order valence-electron chi connectivity index (χ2n) is 6.28. The fraction of sp³-hybridized carbons (Fsp3) is 0.211. The number of ether oxygens (including phenoxy) is 1. The average Bonchev–Trinajstić information content (AvgIpc) is 3.08. The molecule has 2 atom stereocenters. The number of carbonyl (C=O) groups excluding carboxylic acids is 1. The normalized spacial score (nSPS) is 18.1. The van der Waals surface area contributed by atoms with Gasteiger partial charge in [-0.3, -0.25) is 4.79 Å². The molecule has 4 rings (SSSR count). The van der Waals surface area contributed by atoms with Crippen molar-refractivity contribution in [3.8, 4) is 5.75 Å². The predicted octanol–water partition coefficient (Wildman–Crippen LogP) is 3.13. The van der Waals surface area contributed by atoms with Crippen LogP contribution in [0.4, 0.5) is 10.1 Å². The molecule has 3 aromatic rings. The van der Waals surface area contributed by atoms with Crippen LogP contribution in [0.25, 0.3) is 0 Å². The number of nitrogens with zero attached hydrogens (tertiary/aromatic N) is 3. The Labute approximate surface area is 165 Å². The van der Waals surface area contributed by atoms with Crippen LogP contribution in [0.3, 0.4) is 0 Å². The van der Waals surface area contributed by atoms with Gasteiger partial charge in [0.15, 0.2) is 0 Å². The van der Waals surface area contributed by atoms with E-state index in [1.54, 1.807) is 48.2 Å². The van der Waals surface area contributed by atoms with Crippen molar-refractivity contribution in [2.24, 2.45) is 0 Å². The van der Waals surface area contributed by atoms with E-state index in [0.29, 0.717) is 22.4 Å². The number of halogens is 1. The van der Waals surface area contributed by atoms with Crippen molar-refractivity contribution < 1.29 is 13.9 Å². The molecule has 9 heteroatoms. The molecule has 2 heterocycles. The third-order valence-electron chi connectivity index (χ3n) is 4.42. The van der Waals surface area contributed by atoms with Crippen molar-refractivity contribution >= 4 is 23.4 Å². The van der Waals surface area contributed by atoms with Crippen molar-refractivity contribution in [2.75, 3.05) is 17.9 Å². The minimum Gasteiger partial charge on any atom is -0.497 e. The molecule has 0 radical (unpaired) electrons. The van der Waals surface area contributed by atoms with E-state index in [4.69, 9.17) is 4.74 Å². The smallest absolute Gasteiger partial charge is 0.240 e. The maximum absolute atomic E-state index is 13.4. The maximum Gasteiger partial charge on any atom is 0.240 e. The molecule has 28 heavy (non-hydrogen) atoms. The van der Waals surface area contributed by atoms with Crippen molar-refractivity contribution in [1.82, 2.24) is 14.9 Å². The van der Waals surface area contributed by atoms with Crippen LogP contribution in [-0.2, 0) is 4.79 Å². The first-order chi connectivity index (χ1) is 13.5. The van der Waals surface area contributed by atoms with E-state index in [-0.39, 0.29) is 11.7 Å². The van der Waals surface area contributed by atoms with E-state index in [1.807, 2.05) is 6.92 Å². The number of benzene rings is 2. The van der Waals surface area contributed by atoms with Crippen molar-refractivity contribution in [2.45, 2.75) is 23.4 Å². The number of hydrogen-bond donors (Lipinski definition) is 2. The molecule has 0 saturated heterocycles. The number of carbonyl (C=O) groups is 1. The topological polar surface area (TPSA) is 81.1 Å². The van der Waals surface area contributed by atoms with Crippen molar-refractivity contribution in [3.05, 3.63) is 65.7 Å². The van der Waals surface area contributed by atoms with Gasteiger partial charge < -0.3 is 15.5 Å². The lowest BCUT2D eigenvalue weighted by atomic mass is 10.0. The highest BCUT2D eigenvalue weighted by molar-refractivity contribution is 8.00. The van der Waals surface area contributed by atoms with Crippen LogP contribution < -0.4 is 15.5 Å². The van der Waals surface area contributed by atoms with Gasteiger partial charge in [0.2, 0.25) is 11.1 Å². The first kappa shape index (κ1) is 18.3. The van der Waals surface area contributed by atoms with Crippen LogP contribution in [0.1, 0.15) is 17.4 Å². The average molecular weight is 399 g/mol. The summed E-state index contributed by atoms with van der Waals surface area (Å²) >= 11 is 1.31. The number of rotatable bonds is 4. The summed E-state index contributed by atoms with van der Waals surface area (Å²) in [6.07, 6.45) is 0. The van der Waals surface area contributed by atoms with Crippen LogP contribution in [0.2, 0.25) is 0 Å². The number of aromatic nitrogens is 3. The highest BCUT2D eigenvalue weighted by atomic mass is 32.2. The Morgan fingerprint density at radius 2 is 2.04 bits per heavy atom. The van der Waals surface area contributed by atoms with Crippen LogP contribution in [0, 0.1) is 12.7 Å². The first-order valence-electron chi connectivity index (χ1n) is 8.61. The molecule has 0 spiro atoms. The Kier molecular flexibility index (Phi) is 4.91. The first-order valence-corrected chi connectivity index (χ1v) is 9.49. The molecule has 0 bridgehead atoms. The minimum absolute atomic E-state index is 0.202. The second-order valence-corrected chi connectivity index (χ2v) is 7.39. The maximum atomic E-state index is 13.4. The molecule has 1 aliphatic heterocycles. The van der Waals surface area contributed by atoms with Gasteiger partial charge in [-0.05, 0) is 36.8 Å². The van der Waals surface area contributed by atoms with Crippen LogP contribution >= 0.6 is 11.8 Å². The summed E-state index contributed by atoms with van der Waals surface area (Å²) in [5.41, 5.74) is 4.70. The van der Waals surface area contributed by atoms with Gasteiger partial charge >= 0.3 is 0 Å². The summed E-state index contributed by atoms with van der Waals surface area (Å²) in [6.45, 7) is 1.82. The number of methoxy groups -OCH3 is 1. The Morgan fingerprint density at radius 1 is 1.25 bits per heavy atom. The van der Waals surface area contributed by atoms with Gasteiger partial charge in [0, 0.05) is 11.8 Å². The van der Waals surface area contributed by atoms with Crippen LogP contribution in [0.5, 0.6) is 5.75 Å². The number of nitrogens with one attached hydrogen (secondary N) is 2. The van der Waals surface area contributed by atoms with E-state index in [0.717, 1.165) is 5.56 Å². The summed E-state index contributed by atoms with van der Waals surface area (Å²) in [5, 5.41) is 11.2. The number of hydrogen-bond acceptors (Lipinski definition) is 6. The molecule has 0 fully saturated rings. The summed E-state index contributed by atoms with van der Waals surface area (Å²) in [7, 11) is 1.57. The van der Waals surface area contributed by atoms with E-state index >= 15 is 0 Å². The van der Waals surface area contributed by atoms with E-state index in [1.165, 1.54) is 23.9 Å². The lowest BCUT2D eigenvalue weighted by Crippen LogP contribution is -2.41. The Hall–Kier alpha value is -3.07. The lowest BCUT2D eigenvalue weighted by molar-refractivity contribution is -0.116. The zero-order chi connectivity index (χ0) is 19.7. The number of anilines is 1. The van der Waals surface area contributed by atoms with Crippen molar-refractivity contribution in [1.29, 1.82) is 0 Å². The summed E-state index contributed by atoms with van der Waals surface area (Å²) in [4.78, 5) is 13.1. The Balaban J connectivity index is 1.65. The van der Waals surface area contributed by atoms with Crippen molar-refractivity contribution in [3.63, 3.8) is 0 Å². The summed E-state index contributed by atoms with van der Waals surface area (Å²) < 4.78 is 20.3. The summed E-state index contributed by atoms with van der Waals surface area (Å²) in [6, 6.07) is 12.9. The fourth-order valence-electron chi connectivity index (χ4n) is 2.99. The fourth-order valence-corrected chi connectivity index (χ4v) is 4.12. The molecule has 1 aliphatic rings. The molecule has 144 valence electrons.